The maximum Gasteiger partial charge on any atom is 0.513 e. The highest BCUT2D eigenvalue weighted by Gasteiger charge is 2.29. The van der Waals surface area contributed by atoms with Crippen LogP contribution < -0.4 is 4.74 Å². The molecule has 0 spiro atoms. The first-order valence-corrected chi connectivity index (χ1v) is 7.48. The van der Waals surface area contributed by atoms with Gasteiger partial charge in [0.1, 0.15) is 16.9 Å². The molecule has 0 amide bonds. The summed E-state index contributed by atoms with van der Waals surface area (Å²) in [7, 11) is 1.22. The van der Waals surface area contributed by atoms with Crippen LogP contribution in [0.25, 0.3) is 22.4 Å². The fourth-order valence-electron chi connectivity index (χ4n) is 2.57. The Kier molecular flexibility index (Phi) is 3.41. The molecule has 0 N–H and O–H groups in total. The second-order valence-corrected chi connectivity index (χ2v) is 5.57. The minimum atomic E-state index is -0.870. The summed E-state index contributed by atoms with van der Waals surface area (Å²) in [5.74, 6) is 0.0626. The zero-order chi connectivity index (χ0) is 16.7. The van der Waals surface area contributed by atoms with Crippen molar-refractivity contribution in [3.8, 4) is 17.0 Å². The molecule has 2 aromatic heterocycles. The third kappa shape index (κ3) is 2.47. The second-order valence-electron chi connectivity index (χ2n) is 5.57. The van der Waals surface area contributed by atoms with Crippen molar-refractivity contribution in [2.24, 2.45) is 0 Å². The van der Waals surface area contributed by atoms with Crippen LogP contribution in [-0.2, 0) is 4.74 Å². The van der Waals surface area contributed by atoms with Gasteiger partial charge in [-0.1, -0.05) is 17.3 Å². The average molecular weight is 328 g/mol. The summed E-state index contributed by atoms with van der Waals surface area (Å²) < 4.78 is 29.2. The largest absolute Gasteiger partial charge is 0.513 e. The van der Waals surface area contributed by atoms with Crippen LogP contribution in [-0.4, -0.2) is 23.4 Å². The lowest BCUT2D eigenvalue weighted by Gasteiger charge is -2.07. The number of methoxy groups -OCH3 is 1. The van der Waals surface area contributed by atoms with E-state index in [1.165, 1.54) is 13.2 Å². The Morgan fingerprint density at radius 1 is 1.33 bits per heavy atom. The Morgan fingerprint density at radius 3 is 2.83 bits per heavy atom. The highest BCUT2D eigenvalue weighted by atomic mass is 19.1. The standard InChI is InChI=1S/C17H13FN2O4/c1-22-17(21)23-13-8-12(9-6-7-9)19-16-14(13)15(20-24-16)10-4-2-3-5-11(10)18/h2-5,8-9H,6-7H2,1H3. The Morgan fingerprint density at radius 2 is 2.12 bits per heavy atom. The first kappa shape index (κ1) is 14.6. The first-order chi connectivity index (χ1) is 11.7. The Balaban J connectivity index is 1.93. The molecule has 0 unspecified atom stereocenters. The molecule has 7 heteroatoms. The van der Waals surface area contributed by atoms with Crippen molar-refractivity contribution in [2.75, 3.05) is 7.11 Å². The zero-order valence-corrected chi connectivity index (χ0v) is 12.8. The molecule has 3 aromatic rings. The average Bonchev–Trinajstić information content (AvgIpc) is 3.35. The molecule has 0 aliphatic heterocycles. The van der Waals surface area contributed by atoms with Crippen LogP contribution in [0.3, 0.4) is 0 Å². The lowest BCUT2D eigenvalue weighted by atomic mass is 10.1. The third-order valence-corrected chi connectivity index (χ3v) is 3.91. The van der Waals surface area contributed by atoms with E-state index in [2.05, 4.69) is 14.9 Å². The van der Waals surface area contributed by atoms with Gasteiger partial charge in [0, 0.05) is 17.5 Å². The molecule has 0 saturated heterocycles. The van der Waals surface area contributed by atoms with Gasteiger partial charge >= 0.3 is 6.16 Å². The fraction of sp³-hybridized carbons (Fsp3) is 0.235. The van der Waals surface area contributed by atoms with E-state index in [-0.39, 0.29) is 22.7 Å². The third-order valence-electron chi connectivity index (χ3n) is 3.91. The van der Waals surface area contributed by atoms with Crippen LogP contribution in [0.2, 0.25) is 0 Å². The molecule has 0 radical (unpaired) electrons. The molecule has 6 nitrogen and oxygen atoms in total. The van der Waals surface area contributed by atoms with Gasteiger partial charge in [-0.25, -0.2) is 14.2 Å². The van der Waals surface area contributed by atoms with Crippen molar-refractivity contribution in [2.45, 2.75) is 18.8 Å². The van der Waals surface area contributed by atoms with Crippen LogP contribution in [0.1, 0.15) is 24.5 Å². The molecule has 1 saturated carbocycles. The summed E-state index contributed by atoms with van der Waals surface area (Å²) in [4.78, 5) is 16.0. The molecule has 4 rings (SSSR count). The minimum absolute atomic E-state index is 0.202. The van der Waals surface area contributed by atoms with E-state index in [9.17, 15) is 9.18 Å². The van der Waals surface area contributed by atoms with Gasteiger partial charge in [-0.2, -0.15) is 0 Å². The first-order valence-electron chi connectivity index (χ1n) is 7.48. The Hall–Kier alpha value is -2.96. The molecule has 0 atom stereocenters. The predicted octanol–water partition coefficient (Wildman–Crippen LogP) is 4.05. The number of pyridine rings is 1. The van der Waals surface area contributed by atoms with Gasteiger partial charge in [0.15, 0.2) is 5.75 Å². The smallest absolute Gasteiger partial charge is 0.437 e. The highest BCUT2D eigenvalue weighted by Crippen LogP contribution is 2.43. The summed E-state index contributed by atoms with van der Waals surface area (Å²) in [5.41, 5.74) is 1.44. The number of aromatic nitrogens is 2. The van der Waals surface area contributed by atoms with E-state index >= 15 is 0 Å². The van der Waals surface area contributed by atoms with Gasteiger partial charge in [-0.05, 0) is 25.0 Å². The molecule has 1 aromatic carbocycles. The second kappa shape index (κ2) is 5.59. The van der Waals surface area contributed by atoms with Gasteiger partial charge in [0.25, 0.3) is 5.71 Å². The van der Waals surface area contributed by atoms with Gasteiger partial charge in [0.05, 0.1) is 12.8 Å². The Labute approximate surface area is 136 Å². The van der Waals surface area contributed by atoms with E-state index in [0.29, 0.717) is 11.3 Å². The molecular weight excluding hydrogens is 315 g/mol. The summed E-state index contributed by atoms with van der Waals surface area (Å²) in [5, 5.41) is 4.27. The van der Waals surface area contributed by atoms with Crippen molar-refractivity contribution in [3.05, 3.63) is 41.8 Å². The lowest BCUT2D eigenvalue weighted by Crippen LogP contribution is -2.08. The maximum absolute atomic E-state index is 14.1. The summed E-state index contributed by atoms with van der Waals surface area (Å²) in [6.07, 6.45) is 1.17. The van der Waals surface area contributed by atoms with E-state index in [1.807, 2.05) is 0 Å². The van der Waals surface area contributed by atoms with Gasteiger partial charge in [0.2, 0.25) is 0 Å². The quantitative estimate of drug-likeness (QED) is 0.675. The summed E-state index contributed by atoms with van der Waals surface area (Å²) in [6, 6.07) is 7.83. The number of nitrogens with zero attached hydrogens (tertiary/aromatic N) is 2. The molecule has 122 valence electrons. The molecule has 2 heterocycles. The van der Waals surface area contributed by atoms with Gasteiger partial charge < -0.3 is 14.0 Å². The van der Waals surface area contributed by atoms with Gasteiger partial charge in [-0.3, -0.25) is 0 Å². The molecule has 1 fully saturated rings. The zero-order valence-electron chi connectivity index (χ0n) is 12.8. The predicted molar refractivity (Wildman–Crippen MR) is 82.2 cm³/mol. The molecule has 0 bridgehead atoms. The number of carbonyl (C=O) groups excluding carboxylic acids is 1. The molecular formula is C17H13FN2O4. The molecule has 24 heavy (non-hydrogen) atoms. The van der Waals surface area contributed by atoms with Crippen LogP contribution in [0.5, 0.6) is 5.75 Å². The number of rotatable bonds is 3. The fourth-order valence-corrected chi connectivity index (χ4v) is 2.57. The maximum atomic E-state index is 14.1. The molecule has 1 aliphatic carbocycles. The van der Waals surface area contributed by atoms with Crippen LogP contribution >= 0.6 is 0 Å². The van der Waals surface area contributed by atoms with Crippen LogP contribution in [0, 0.1) is 5.82 Å². The summed E-state index contributed by atoms with van der Waals surface area (Å²) in [6.45, 7) is 0. The van der Waals surface area contributed by atoms with Crippen molar-refractivity contribution in [3.63, 3.8) is 0 Å². The Bertz CT molecular complexity index is 933. The van der Waals surface area contributed by atoms with E-state index in [1.54, 1.807) is 24.3 Å². The van der Waals surface area contributed by atoms with Crippen molar-refractivity contribution < 1.29 is 23.2 Å². The number of fused-ring (bicyclic) bond motifs is 1. The topological polar surface area (TPSA) is 74.5 Å². The monoisotopic (exact) mass is 328 g/mol. The van der Waals surface area contributed by atoms with E-state index in [0.717, 1.165) is 18.5 Å². The van der Waals surface area contributed by atoms with Crippen LogP contribution in [0.15, 0.2) is 34.9 Å². The van der Waals surface area contributed by atoms with E-state index in [4.69, 9.17) is 9.26 Å². The molecule has 1 aliphatic rings. The van der Waals surface area contributed by atoms with Crippen LogP contribution in [0.4, 0.5) is 9.18 Å². The summed E-state index contributed by atoms with van der Waals surface area (Å²) >= 11 is 0. The van der Waals surface area contributed by atoms with Crippen molar-refractivity contribution in [1.29, 1.82) is 0 Å². The lowest BCUT2D eigenvalue weighted by molar-refractivity contribution is 0.122. The normalized spacial score (nSPS) is 13.9. The number of ether oxygens (including phenoxy) is 2. The minimum Gasteiger partial charge on any atom is -0.437 e. The van der Waals surface area contributed by atoms with Gasteiger partial charge in [-0.15, -0.1) is 0 Å². The highest BCUT2D eigenvalue weighted by molar-refractivity contribution is 5.95. The SMILES string of the molecule is COC(=O)Oc1cc(C2CC2)nc2onc(-c3ccccc3F)c12. The number of hydrogen-bond acceptors (Lipinski definition) is 6. The van der Waals surface area contributed by atoms with E-state index < -0.39 is 12.0 Å². The van der Waals surface area contributed by atoms with Crippen molar-refractivity contribution in [1.82, 2.24) is 10.1 Å². The number of benzene rings is 1. The number of hydrogen-bond donors (Lipinski definition) is 0. The van der Waals surface area contributed by atoms with Crippen molar-refractivity contribution >= 4 is 17.3 Å². The number of carbonyl (C=O) groups is 1. The number of halogens is 1.